The first-order chi connectivity index (χ1) is 9.20. The summed E-state index contributed by atoms with van der Waals surface area (Å²) in [6.45, 7) is 2.97. The quantitative estimate of drug-likeness (QED) is 0.875. The number of nitrogens with one attached hydrogen (secondary N) is 1. The molecule has 1 amide bonds. The average Bonchev–Trinajstić information content (AvgIpc) is 2.46. The van der Waals surface area contributed by atoms with Crippen molar-refractivity contribution >= 4 is 5.91 Å². The third-order valence-electron chi connectivity index (χ3n) is 3.03. The Kier molecular flexibility index (Phi) is 4.26. The van der Waals surface area contributed by atoms with Gasteiger partial charge < -0.3 is 11.1 Å². The predicted molar refractivity (Wildman–Crippen MR) is 74.5 cm³/mol. The molecule has 0 saturated carbocycles. The predicted octanol–water partition coefficient (Wildman–Crippen LogP) is 1.78. The molecular formula is C15H17N3O. The van der Waals surface area contributed by atoms with E-state index < -0.39 is 0 Å². The van der Waals surface area contributed by atoms with E-state index in [-0.39, 0.29) is 5.91 Å². The number of amides is 1. The van der Waals surface area contributed by atoms with Gasteiger partial charge >= 0.3 is 0 Å². The second-order valence-corrected chi connectivity index (χ2v) is 4.39. The molecule has 4 heteroatoms. The van der Waals surface area contributed by atoms with Gasteiger partial charge in [0.2, 0.25) is 0 Å². The van der Waals surface area contributed by atoms with E-state index in [4.69, 9.17) is 5.73 Å². The minimum absolute atomic E-state index is 0.0835. The Balaban J connectivity index is 1.99. The Morgan fingerprint density at radius 1 is 1.26 bits per heavy atom. The van der Waals surface area contributed by atoms with Crippen LogP contribution in [0.3, 0.4) is 0 Å². The van der Waals surface area contributed by atoms with Crippen molar-refractivity contribution in [1.82, 2.24) is 10.3 Å². The van der Waals surface area contributed by atoms with Crippen LogP contribution in [0.5, 0.6) is 0 Å². The summed E-state index contributed by atoms with van der Waals surface area (Å²) in [7, 11) is 0. The second-order valence-electron chi connectivity index (χ2n) is 4.39. The molecule has 19 heavy (non-hydrogen) atoms. The van der Waals surface area contributed by atoms with Gasteiger partial charge in [-0.25, -0.2) is 0 Å². The molecule has 0 atom stereocenters. The third-order valence-corrected chi connectivity index (χ3v) is 3.03. The molecule has 0 aliphatic carbocycles. The van der Waals surface area contributed by atoms with Gasteiger partial charge in [-0.1, -0.05) is 12.1 Å². The van der Waals surface area contributed by atoms with Crippen LogP contribution in [0.4, 0.5) is 0 Å². The molecular weight excluding hydrogens is 238 g/mol. The van der Waals surface area contributed by atoms with Crippen LogP contribution < -0.4 is 11.1 Å². The maximum absolute atomic E-state index is 12.0. The maximum atomic E-state index is 12.0. The highest BCUT2D eigenvalue weighted by molar-refractivity contribution is 5.94. The summed E-state index contributed by atoms with van der Waals surface area (Å²) < 4.78 is 0. The van der Waals surface area contributed by atoms with Crippen molar-refractivity contribution in [2.45, 2.75) is 20.0 Å². The number of nitrogens with two attached hydrogens (primary N) is 1. The Labute approximate surface area is 112 Å². The van der Waals surface area contributed by atoms with Crippen molar-refractivity contribution in [2.75, 3.05) is 0 Å². The maximum Gasteiger partial charge on any atom is 0.251 e. The molecule has 0 bridgehead atoms. The van der Waals surface area contributed by atoms with Gasteiger partial charge in [0.25, 0.3) is 5.91 Å². The molecule has 0 fully saturated rings. The first-order valence-electron chi connectivity index (χ1n) is 6.17. The standard InChI is InChI=1S/C15H17N3O/c1-11-9-17-7-6-14(11)10-18-15(19)13-4-2-12(8-16)3-5-13/h2-7,9H,8,10,16H2,1H3,(H,18,19). The first-order valence-corrected chi connectivity index (χ1v) is 6.17. The summed E-state index contributed by atoms with van der Waals surface area (Å²) in [6, 6.07) is 9.22. The van der Waals surface area contributed by atoms with Gasteiger partial charge in [0.1, 0.15) is 0 Å². The molecule has 2 rings (SSSR count). The minimum atomic E-state index is -0.0835. The number of rotatable bonds is 4. The number of pyridine rings is 1. The van der Waals surface area contributed by atoms with Gasteiger partial charge in [-0.3, -0.25) is 9.78 Å². The van der Waals surface area contributed by atoms with Crippen LogP contribution in [-0.4, -0.2) is 10.9 Å². The number of hydrogen-bond donors (Lipinski definition) is 2. The third kappa shape index (κ3) is 3.39. The average molecular weight is 255 g/mol. The topological polar surface area (TPSA) is 68.0 Å². The van der Waals surface area contributed by atoms with E-state index in [1.165, 1.54) is 0 Å². The van der Waals surface area contributed by atoms with Crippen molar-refractivity contribution < 1.29 is 4.79 Å². The van der Waals surface area contributed by atoms with E-state index in [1.54, 1.807) is 24.5 Å². The van der Waals surface area contributed by atoms with Crippen LogP contribution in [0, 0.1) is 6.92 Å². The van der Waals surface area contributed by atoms with Crippen LogP contribution in [0.15, 0.2) is 42.7 Å². The van der Waals surface area contributed by atoms with Crippen molar-refractivity contribution in [3.8, 4) is 0 Å². The van der Waals surface area contributed by atoms with E-state index in [9.17, 15) is 4.79 Å². The van der Waals surface area contributed by atoms with Gasteiger partial charge in [-0.15, -0.1) is 0 Å². The van der Waals surface area contributed by atoms with E-state index in [0.29, 0.717) is 18.7 Å². The Morgan fingerprint density at radius 2 is 2.00 bits per heavy atom. The Bertz CT molecular complexity index is 564. The molecule has 3 N–H and O–H groups in total. The molecule has 0 saturated heterocycles. The summed E-state index contributed by atoms with van der Waals surface area (Å²) in [4.78, 5) is 16.0. The lowest BCUT2D eigenvalue weighted by atomic mass is 10.1. The highest BCUT2D eigenvalue weighted by Crippen LogP contribution is 2.06. The monoisotopic (exact) mass is 255 g/mol. The van der Waals surface area contributed by atoms with Gasteiger partial charge in [0.15, 0.2) is 0 Å². The normalized spacial score (nSPS) is 10.2. The van der Waals surface area contributed by atoms with Crippen LogP contribution in [0.1, 0.15) is 27.0 Å². The number of carbonyl (C=O) groups excluding carboxylic acids is 1. The Hall–Kier alpha value is -2.20. The molecule has 0 aliphatic heterocycles. The zero-order valence-electron chi connectivity index (χ0n) is 10.9. The number of hydrogen-bond acceptors (Lipinski definition) is 3. The number of carbonyl (C=O) groups is 1. The summed E-state index contributed by atoms with van der Waals surface area (Å²) in [5.74, 6) is -0.0835. The van der Waals surface area contributed by atoms with E-state index in [2.05, 4.69) is 10.3 Å². The lowest BCUT2D eigenvalue weighted by Gasteiger charge is -2.08. The number of benzene rings is 1. The van der Waals surface area contributed by atoms with Gasteiger partial charge in [0.05, 0.1) is 0 Å². The minimum Gasteiger partial charge on any atom is -0.348 e. The highest BCUT2D eigenvalue weighted by atomic mass is 16.1. The van der Waals surface area contributed by atoms with Gasteiger partial charge in [-0.05, 0) is 41.8 Å². The van der Waals surface area contributed by atoms with Crippen LogP contribution >= 0.6 is 0 Å². The van der Waals surface area contributed by atoms with Crippen molar-refractivity contribution in [3.05, 3.63) is 65.0 Å². The molecule has 0 unspecified atom stereocenters. The van der Waals surface area contributed by atoms with Crippen molar-refractivity contribution in [2.24, 2.45) is 5.73 Å². The van der Waals surface area contributed by atoms with Crippen molar-refractivity contribution in [1.29, 1.82) is 0 Å². The zero-order valence-corrected chi connectivity index (χ0v) is 10.9. The molecule has 0 radical (unpaired) electrons. The second kappa shape index (κ2) is 6.11. The van der Waals surface area contributed by atoms with Gasteiger partial charge in [-0.2, -0.15) is 0 Å². The van der Waals surface area contributed by atoms with Crippen molar-refractivity contribution in [3.63, 3.8) is 0 Å². The molecule has 4 nitrogen and oxygen atoms in total. The van der Waals surface area contributed by atoms with Crippen LogP contribution in [0.25, 0.3) is 0 Å². The zero-order chi connectivity index (χ0) is 13.7. The van der Waals surface area contributed by atoms with E-state index >= 15 is 0 Å². The van der Waals surface area contributed by atoms with E-state index in [0.717, 1.165) is 16.7 Å². The summed E-state index contributed by atoms with van der Waals surface area (Å²) in [5, 5.41) is 2.90. The largest absolute Gasteiger partial charge is 0.348 e. The number of nitrogens with zero attached hydrogens (tertiary/aromatic N) is 1. The summed E-state index contributed by atoms with van der Waals surface area (Å²) in [5.41, 5.74) is 9.32. The van der Waals surface area contributed by atoms with Gasteiger partial charge in [0, 0.05) is 31.0 Å². The fourth-order valence-electron chi connectivity index (χ4n) is 1.77. The Morgan fingerprint density at radius 3 is 2.63 bits per heavy atom. The molecule has 98 valence electrons. The van der Waals surface area contributed by atoms with Crippen LogP contribution in [-0.2, 0) is 13.1 Å². The number of aryl methyl sites for hydroxylation is 1. The van der Waals surface area contributed by atoms with E-state index in [1.807, 2.05) is 25.1 Å². The molecule has 1 heterocycles. The molecule has 0 aliphatic rings. The molecule has 1 aromatic heterocycles. The summed E-state index contributed by atoms with van der Waals surface area (Å²) in [6.07, 6.45) is 3.52. The highest BCUT2D eigenvalue weighted by Gasteiger charge is 2.05. The molecule has 1 aromatic carbocycles. The lowest BCUT2D eigenvalue weighted by molar-refractivity contribution is 0.0951. The first kappa shape index (κ1) is 13.2. The SMILES string of the molecule is Cc1cnccc1CNC(=O)c1ccc(CN)cc1. The number of aromatic nitrogens is 1. The fraction of sp³-hybridized carbons (Fsp3) is 0.200. The fourth-order valence-corrected chi connectivity index (χ4v) is 1.77. The molecule has 2 aromatic rings. The smallest absolute Gasteiger partial charge is 0.251 e. The molecule has 0 spiro atoms. The summed E-state index contributed by atoms with van der Waals surface area (Å²) >= 11 is 0. The lowest BCUT2D eigenvalue weighted by Crippen LogP contribution is -2.23. The van der Waals surface area contributed by atoms with Crippen LogP contribution in [0.2, 0.25) is 0 Å².